The first kappa shape index (κ1) is 13.3. The average Bonchev–Trinajstić information content (AvgIpc) is 2.49. The fraction of sp³-hybridized carbons (Fsp3) is 0.389. The molecule has 0 saturated carbocycles. The first-order chi connectivity index (χ1) is 9.83. The second-order valence-corrected chi connectivity index (χ2v) is 5.79. The topological polar surface area (TPSA) is 16.1 Å². The molecule has 2 heterocycles. The maximum absolute atomic E-state index is 4.21. The van der Waals surface area contributed by atoms with E-state index >= 15 is 0 Å². The van der Waals surface area contributed by atoms with Crippen molar-refractivity contribution in [1.82, 2.24) is 9.88 Å². The second kappa shape index (κ2) is 6.19. The first-order valence-electron chi connectivity index (χ1n) is 7.50. The highest BCUT2D eigenvalue weighted by atomic mass is 15.1. The van der Waals surface area contributed by atoms with E-state index < -0.39 is 0 Å². The van der Waals surface area contributed by atoms with Crippen molar-refractivity contribution < 1.29 is 0 Å². The summed E-state index contributed by atoms with van der Waals surface area (Å²) in [6, 6.07) is 13.0. The standard InChI is InChI=1S/C18H22N2/c1-15-6-2-3-9-18(15)17-8-5-11-20(14-17)13-16-7-4-10-19-12-16/h2-4,6-7,9-10,12,17H,5,8,11,13-14H2,1H3/t17-/m1/s1. The number of rotatable bonds is 3. The zero-order valence-electron chi connectivity index (χ0n) is 12.1. The summed E-state index contributed by atoms with van der Waals surface area (Å²) in [5, 5.41) is 0. The fourth-order valence-corrected chi connectivity index (χ4v) is 3.25. The molecule has 2 nitrogen and oxygen atoms in total. The van der Waals surface area contributed by atoms with Gasteiger partial charge >= 0.3 is 0 Å². The van der Waals surface area contributed by atoms with Crippen LogP contribution in [0.25, 0.3) is 0 Å². The summed E-state index contributed by atoms with van der Waals surface area (Å²) >= 11 is 0. The van der Waals surface area contributed by atoms with E-state index in [1.807, 2.05) is 18.5 Å². The molecule has 0 radical (unpaired) electrons. The van der Waals surface area contributed by atoms with Gasteiger partial charge in [-0.05, 0) is 55.0 Å². The number of hydrogen-bond acceptors (Lipinski definition) is 2. The van der Waals surface area contributed by atoms with Crippen molar-refractivity contribution in [2.24, 2.45) is 0 Å². The van der Waals surface area contributed by atoms with E-state index in [1.165, 1.54) is 42.6 Å². The molecule has 0 aliphatic carbocycles. The van der Waals surface area contributed by atoms with Gasteiger partial charge in [-0.15, -0.1) is 0 Å². The summed E-state index contributed by atoms with van der Waals surface area (Å²) in [4.78, 5) is 6.78. The fourth-order valence-electron chi connectivity index (χ4n) is 3.25. The van der Waals surface area contributed by atoms with Crippen molar-refractivity contribution in [1.29, 1.82) is 0 Å². The Morgan fingerprint density at radius 1 is 1.20 bits per heavy atom. The number of aryl methyl sites for hydroxylation is 1. The molecule has 0 bridgehead atoms. The second-order valence-electron chi connectivity index (χ2n) is 5.79. The predicted molar refractivity (Wildman–Crippen MR) is 82.7 cm³/mol. The van der Waals surface area contributed by atoms with Crippen LogP contribution in [-0.4, -0.2) is 23.0 Å². The Morgan fingerprint density at radius 3 is 2.90 bits per heavy atom. The number of nitrogens with zero attached hydrogens (tertiary/aromatic N) is 2. The van der Waals surface area contributed by atoms with Gasteiger partial charge in [-0.3, -0.25) is 9.88 Å². The van der Waals surface area contributed by atoms with Crippen LogP contribution in [0.1, 0.15) is 35.4 Å². The molecule has 1 aliphatic rings. The molecular weight excluding hydrogens is 244 g/mol. The summed E-state index contributed by atoms with van der Waals surface area (Å²) in [7, 11) is 0. The van der Waals surface area contributed by atoms with Gasteiger partial charge in [0.25, 0.3) is 0 Å². The van der Waals surface area contributed by atoms with Crippen molar-refractivity contribution in [2.75, 3.05) is 13.1 Å². The van der Waals surface area contributed by atoms with Crippen LogP contribution in [-0.2, 0) is 6.54 Å². The highest BCUT2D eigenvalue weighted by Gasteiger charge is 2.22. The molecule has 1 aromatic carbocycles. The van der Waals surface area contributed by atoms with Gasteiger partial charge < -0.3 is 0 Å². The van der Waals surface area contributed by atoms with Gasteiger partial charge in [-0.2, -0.15) is 0 Å². The quantitative estimate of drug-likeness (QED) is 0.840. The minimum Gasteiger partial charge on any atom is -0.298 e. The molecule has 3 rings (SSSR count). The molecule has 1 saturated heterocycles. The maximum atomic E-state index is 4.21. The summed E-state index contributed by atoms with van der Waals surface area (Å²) in [6.07, 6.45) is 6.43. The maximum Gasteiger partial charge on any atom is 0.0312 e. The largest absolute Gasteiger partial charge is 0.298 e. The minimum absolute atomic E-state index is 0.682. The minimum atomic E-state index is 0.682. The van der Waals surface area contributed by atoms with E-state index in [4.69, 9.17) is 0 Å². The molecule has 1 atom stereocenters. The van der Waals surface area contributed by atoms with Crippen LogP contribution >= 0.6 is 0 Å². The van der Waals surface area contributed by atoms with Gasteiger partial charge in [0.15, 0.2) is 0 Å². The van der Waals surface area contributed by atoms with Crippen LogP contribution in [0.15, 0.2) is 48.8 Å². The Bertz CT molecular complexity index is 550. The Morgan fingerprint density at radius 2 is 2.10 bits per heavy atom. The molecular formula is C18H22N2. The van der Waals surface area contributed by atoms with Crippen LogP contribution in [0.2, 0.25) is 0 Å². The monoisotopic (exact) mass is 266 g/mol. The summed E-state index contributed by atoms with van der Waals surface area (Å²) in [5.74, 6) is 0.682. The molecule has 1 fully saturated rings. The molecule has 0 spiro atoms. The van der Waals surface area contributed by atoms with Crippen LogP contribution in [0.3, 0.4) is 0 Å². The van der Waals surface area contributed by atoms with Gasteiger partial charge in [0.2, 0.25) is 0 Å². The predicted octanol–water partition coefficient (Wildman–Crippen LogP) is 3.77. The van der Waals surface area contributed by atoms with Gasteiger partial charge in [0.1, 0.15) is 0 Å². The van der Waals surface area contributed by atoms with Crippen LogP contribution in [0.4, 0.5) is 0 Å². The number of pyridine rings is 1. The van der Waals surface area contributed by atoms with E-state index in [0.717, 1.165) is 6.54 Å². The lowest BCUT2D eigenvalue weighted by Gasteiger charge is -2.33. The lowest BCUT2D eigenvalue weighted by atomic mass is 9.88. The van der Waals surface area contributed by atoms with Crippen molar-refractivity contribution in [3.63, 3.8) is 0 Å². The van der Waals surface area contributed by atoms with E-state index in [-0.39, 0.29) is 0 Å². The molecule has 1 aliphatic heterocycles. The summed E-state index contributed by atoms with van der Waals surface area (Å²) in [6.45, 7) is 5.63. The van der Waals surface area contributed by atoms with Crippen molar-refractivity contribution in [3.05, 3.63) is 65.5 Å². The van der Waals surface area contributed by atoms with Gasteiger partial charge in [-0.25, -0.2) is 0 Å². The van der Waals surface area contributed by atoms with Crippen molar-refractivity contribution in [2.45, 2.75) is 32.2 Å². The Kier molecular flexibility index (Phi) is 4.12. The highest BCUT2D eigenvalue weighted by Crippen LogP contribution is 2.29. The Hall–Kier alpha value is -1.67. The van der Waals surface area contributed by atoms with Crippen LogP contribution in [0, 0.1) is 6.92 Å². The zero-order valence-corrected chi connectivity index (χ0v) is 12.1. The lowest BCUT2D eigenvalue weighted by molar-refractivity contribution is 0.200. The van der Waals surface area contributed by atoms with Crippen LogP contribution < -0.4 is 0 Å². The first-order valence-corrected chi connectivity index (χ1v) is 7.50. The number of piperidine rings is 1. The molecule has 0 amide bonds. The van der Waals surface area contributed by atoms with E-state index in [1.54, 1.807) is 0 Å². The van der Waals surface area contributed by atoms with Gasteiger partial charge in [-0.1, -0.05) is 30.3 Å². The Labute approximate surface area is 121 Å². The number of hydrogen-bond donors (Lipinski definition) is 0. The third-order valence-corrected chi connectivity index (χ3v) is 4.26. The number of likely N-dealkylation sites (tertiary alicyclic amines) is 1. The van der Waals surface area contributed by atoms with E-state index in [0.29, 0.717) is 5.92 Å². The van der Waals surface area contributed by atoms with Crippen LogP contribution in [0.5, 0.6) is 0 Å². The molecule has 0 N–H and O–H groups in total. The molecule has 0 unspecified atom stereocenters. The average molecular weight is 266 g/mol. The molecule has 1 aromatic heterocycles. The SMILES string of the molecule is Cc1ccccc1[C@@H]1CCCN(Cc2cccnc2)C1. The van der Waals surface area contributed by atoms with Gasteiger partial charge in [0, 0.05) is 25.5 Å². The molecule has 20 heavy (non-hydrogen) atoms. The van der Waals surface area contributed by atoms with E-state index in [2.05, 4.69) is 47.1 Å². The molecule has 2 aromatic rings. The Balaban J connectivity index is 1.69. The normalized spacial score (nSPS) is 19.9. The molecule has 2 heteroatoms. The lowest BCUT2D eigenvalue weighted by Crippen LogP contribution is -2.34. The molecule has 104 valence electrons. The van der Waals surface area contributed by atoms with Gasteiger partial charge in [0.05, 0.1) is 0 Å². The third-order valence-electron chi connectivity index (χ3n) is 4.26. The zero-order chi connectivity index (χ0) is 13.8. The van der Waals surface area contributed by atoms with Crippen molar-refractivity contribution in [3.8, 4) is 0 Å². The smallest absolute Gasteiger partial charge is 0.0312 e. The van der Waals surface area contributed by atoms with E-state index in [9.17, 15) is 0 Å². The highest BCUT2D eigenvalue weighted by molar-refractivity contribution is 5.29. The third kappa shape index (κ3) is 3.07. The van der Waals surface area contributed by atoms with Crippen molar-refractivity contribution >= 4 is 0 Å². The summed E-state index contributed by atoms with van der Waals surface area (Å²) < 4.78 is 0. The summed E-state index contributed by atoms with van der Waals surface area (Å²) in [5.41, 5.74) is 4.28. The number of aromatic nitrogens is 1. The number of benzene rings is 1.